The predicted octanol–water partition coefficient (Wildman–Crippen LogP) is 5.76. The van der Waals surface area contributed by atoms with E-state index in [1.54, 1.807) is 0 Å². The number of carbonyl (C=O) groups excluding carboxylic acids is 5. The van der Waals surface area contributed by atoms with Crippen LogP contribution in [0.4, 0.5) is 0 Å². The van der Waals surface area contributed by atoms with Crippen molar-refractivity contribution in [2.75, 3.05) is 0 Å². The van der Waals surface area contributed by atoms with Crippen molar-refractivity contribution in [3.63, 3.8) is 0 Å². The number of carbonyl (C=O) groups is 5. The summed E-state index contributed by atoms with van der Waals surface area (Å²) in [6.07, 6.45) is 7.42. The van der Waals surface area contributed by atoms with E-state index in [9.17, 15) is 24.0 Å². The van der Waals surface area contributed by atoms with Crippen molar-refractivity contribution in [2.24, 2.45) is 27.6 Å². The van der Waals surface area contributed by atoms with E-state index in [1.807, 2.05) is 41.5 Å². The minimum absolute atomic E-state index is 0.0153. The smallest absolute Gasteiger partial charge is 0.350 e. The molecule has 0 aromatic carbocycles. The Morgan fingerprint density at radius 3 is 1.82 bits per heavy atom. The molecular formula is C35H52O10. The summed E-state index contributed by atoms with van der Waals surface area (Å²) in [7, 11) is 0. The van der Waals surface area contributed by atoms with Crippen molar-refractivity contribution in [3.05, 3.63) is 0 Å². The lowest BCUT2D eigenvalue weighted by molar-refractivity contribution is -0.208. The van der Waals surface area contributed by atoms with E-state index in [-0.39, 0.29) is 52.8 Å². The van der Waals surface area contributed by atoms with E-state index < -0.39 is 27.6 Å². The molecule has 4 heterocycles. The van der Waals surface area contributed by atoms with Crippen LogP contribution in [0.2, 0.25) is 0 Å². The first-order valence-electron chi connectivity index (χ1n) is 16.7. The fourth-order valence-corrected chi connectivity index (χ4v) is 9.38. The molecule has 6 atom stereocenters. The molecule has 8 bridgehead atoms. The van der Waals surface area contributed by atoms with Gasteiger partial charge in [-0.15, -0.1) is 0 Å². The number of esters is 4. The van der Waals surface area contributed by atoms with Gasteiger partial charge in [0.25, 0.3) is 6.47 Å². The van der Waals surface area contributed by atoms with Crippen molar-refractivity contribution in [1.82, 2.24) is 0 Å². The molecule has 45 heavy (non-hydrogen) atoms. The van der Waals surface area contributed by atoms with E-state index >= 15 is 0 Å². The Morgan fingerprint density at radius 1 is 0.756 bits per heavy atom. The second kappa shape index (κ2) is 11.0. The molecule has 0 aromatic heterocycles. The van der Waals surface area contributed by atoms with Crippen LogP contribution in [0.5, 0.6) is 0 Å². The van der Waals surface area contributed by atoms with Gasteiger partial charge in [0.05, 0.1) is 16.7 Å². The maximum absolute atomic E-state index is 12.7. The highest BCUT2D eigenvalue weighted by atomic mass is 16.6. The highest BCUT2D eigenvalue weighted by molar-refractivity contribution is 5.86. The lowest BCUT2D eigenvalue weighted by Crippen LogP contribution is -2.58. The quantitative estimate of drug-likeness (QED) is 0.185. The molecule has 8 fully saturated rings. The van der Waals surface area contributed by atoms with Crippen molar-refractivity contribution >= 4 is 30.3 Å². The minimum Gasteiger partial charge on any atom is -0.462 e. The van der Waals surface area contributed by atoms with E-state index in [0.717, 1.165) is 19.3 Å². The first-order chi connectivity index (χ1) is 20.7. The molecule has 0 amide bonds. The highest BCUT2D eigenvalue weighted by Gasteiger charge is 2.65. The van der Waals surface area contributed by atoms with Gasteiger partial charge in [0.2, 0.25) is 5.60 Å². The number of hydrogen-bond acceptors (Lipinski definition) is 10. The van der Waals surface area contributed by atoms with Crippen LogP contribution in [0.1, 0.15) is 132 Å². The fourth-order valence-electron chi connectivity index (χ4n) is 9.38. The van der Waals surface area contributed by atoms with E-state index in [0.29, 0.717) is 64.3 Å². The van der Waals surface area contributed by atoms with Gasteiger partial charge in [-0.05, 0) is 70.6 Å². The fraction of sp³-hybridized carbons (Fsp3) is 0.857. The van der Waals surface area contributed by atoms with Gasteiger partial charge in [0.15, 0.2) is 0 Å². The summed E-state index contributed by atoms with van der Waals surface area (Å²) in [5.74, 6) is -1.51. The summed E-state index contributed by atoms with van der Waals surface area (Å²) in [5.41, 5.74) is -3.70. The summed E-state index contributed by atoms with van der Waals surface area (Å²) in [6.45, 7) is 16.2. The molecule has 8 rings (SSSR count). The number of fused-ring (bicyclic) bond motifs is 2. The van der Waals surface area contributed by atoms with Gasteiger partial charge in [-0.2, -0.15) is 0 Å². The average Bonchev–Trinajstić information content (AvgIpc) is 3.13. The highest BCUT2D eigenvalue weighted by Crippen LogP contribution is 2.62. The van der Waals surface area contributed by atoms with Crippen LogP contribution in [0.15, 0.2) is 0 Å². The number of ether oxygens (including phenoxy) is 5. The molecule has 0 spiro atoms. The van der Waals surface area contributed by atoms with Crippen LogP contribution in [0.3, 0.4) is 0 Å². The Morgan fingerprint density at radius 2 is 1.27 bits per heavy atom. The first-order valence-corrected chi connectivity index (χ1v) is 16.7. The zero-order chi connectivity index (χ0) is 33.3. The van der Waals surface area contributed by atoms with Gasteiger partial charge in [-0.3, -0.25) is 19.2 Å². The molecule has 4 aliphatic carbocycles. The van der Waals surface area contributed by atoms with Crippen LogP contribution in [-0.2, 0) is 47.7 Å². The molecule has 10 heteroatoms. The predicted molar refractivity (Wildman–Crippen MR) is 161 cm³/mol. The number of rotatable bonds is 8. The van der Waals surface area contributed by atoms with Gasteiger partial charge in [-0.25, -0.2) is 4.79 Å². The normalized spacial score (nSPS) is 41.1. The average molecular weight is 633 g/mol. The van der Waals surface area contributed by atoms with Gasteiger partial charge in [0.1, 0.15) is 23.4 Å². The molecule has 0 radical (unpaired) electrons. The van der Waals surface area contributed by atoms with Crippen LogP contribution in [-0.4, -0.2) is 59.4 Å². The molecule has 252 valence electrons. The van der Waals surface area contributed by atoms with Gasteiger partial charge in [-0.1, -0.05) is 27.7 Å². The van der Waals surface area contributed by atoms with Crippen molar-refractivity contribution in [2.45, 2.75) is 161 Å². The Hall–Kier alpha value is -2.65. The van der Waals surface area contributed by atoms with Gasteiger partial charge >= 0.3 is 23.9 Å². The monoisotopic (exact) mass is 632 g/mol. The minimum atomic E-state index is -1.07. The van der Waals surface area contributed by atoms with Crippen LogP contribution >= 0.6 is 0 Å². The SMILES string of the molecule is CCC(C)(C)C(=O)OC12CC3(C)CC(CC(C)(C3)C1)OC2=O.CCC(C)(C)C(=O)OC12CC3CC(OC=O)(CC(C1)C(=O)O3)C2. The Bertz CT molecular complexity index is 1230. The third-order valence-electron chi connectivity index (χ3n) is 11.8. The topological polar surface area (TPSA) is 132 Å². The van der Waals surface area contributed by atoms with Crippen LogP contribution in [0.25, 0.3) is 0 Å². The molecule has 6 unspecified atom stereocenters. The summed E-state index contributed by atoms with van der Waals surface area (Å²) in [4.78, 5) is 61.1. The summed E-state index contributed by atoms with van der Waals surface area (Å²) in [6, 6.07) is 0. The van der Waals surface area contributed by atoms with E-state index in [1.165, 1.54) is 0 Å². The van der Waals surface area contributed by atoms with Crippen LogP contribution < -0.4 is 0 Å². The molecule has 4 saturated heterocycles. The Labute approximate surface area is 266 Å². The number of hydrogen-bond donors (Lipinski definition) is 0. The molecule has 4 aliphatic heterocycles. The summed E-state index contributed by atoms with van der Waals surface area (Å²) in [5, 5.41) is 0. The van der Waals surface area contributed by atoms with Crippen molar-refractivity contribution in [1.29, 1.82) is 0 Å². The van der Waals surface area contributed by atoms with Gasteiger partial charge in [0, 0.05) is 44.9 Å². The second-order valence-corrected chi connectivity index (χ2v) is 17.2. The third kappa shape index (κ3) is 6.23. The Balaban J connectivity index is 0.000000178. The maximum Gasteiger partial charge on any atom is 0.350 e. The standard InChI is InChI=1S/C18H28O4.C17H24O6/c1-6-15(2,3)13(19)22-18-10-16(4)7-12(21-14(18)20)8-17(5,9-16)11-18;1-4-15(2,3)14(20)23-17-6-11-5-16(9-17,21-10-18)7-12(8-17)22-13(11)19/h12H,6-11H2,1-5H3;10-12H,4-9H2,1-3H3. The van der Waals surface area contributed by atoms with Crippen molar-refractivity contribution in [3.8, 4) is 0 Å². The largest absolute Gasteiger partial charge is 0.462 e. The maximum atomic E-state index is 12.7. The third-order valence-corrected chi connectivity index (χ3v) is 11.8. The van der Waals surface area contributed by atoms with E-state index in [4.69, 9.17) is 23.7 Å². The molecule has 0 aromatic rings. The molecule has 4 saturated carbocycles. The van der Waals surface area contributed by atoms with E-state index in [2.05, 4.69) is 13.8 Å². The molecule has 10 nitrogen and oxygen atoms in total. The van der Waals surface area contributed by atoms with Crippen molar-refractivity contribution < 1.29 is 47.7 Å². The summed E-state index contributed by atoms with van der Waals surface area (Å²) < 4.78 is 28.4. The lowest BCUT2D eigenvalue weighted by Gasteiger charge is -2.53. The first kappa shape index (κ1) is 33.7. The Kier molecular flexibility index (Phi) is 8.21. The van der Waals surface area contributed by atoms with Gasteiger partial charge < -0.3 is 23.7 Å². The molecule has 0 N–H and O–H groups in total. The zero-order valence-electron chi connectivity index (χ0n) is 28.4. The molecule has 8 aliphatic rings. The zero-order valence-corrected chi connectivity index (χ0v) is 28.4. The molecular weight excluding hydrogens is 580 g/mol. The lowest BCUT2D eigenvalue weighted by atomic mass is 9.52. The summed E-state index contributed by atoms with van der Waals surface area (Å²) >= 11 is 0. The van der Waals surface area contributed by atoms with Crippen LogP contribution in [0, 0.1) is 27.6 Å². The second-order valence-electron chi connectivity index (χ2n) is 17.2.